The molecule has 0 spiro atoms. The molecular weight excluding hydrogens is 212 g/mol. The van der Waals surface area contributed by atoms with Gasteiger partial charge in [0.1, 0.15) is 5.78 Å². The highest BCUT2D eigenvalue weighted by Crippen LogP contribution is 2.24. The Morgan fingerprint density at radius 2 is 1.88 bits per heavy atom. The molecule has 17 heavy (non-hydrogen) atoms. The molecule has 2 nitrogen and oxygen atoms in total. The van der Waals surface area contributed by atoms with E-state index in [9.17, 15) is 9.90 Å². The van der Waals surface area contributed by atoms with Crippen LogP contribution < -0.4 is 0 Å². The summed E-state index contributed by atoms with van der Waals surface area (Å²) in [7, 11) is 0. The lowest BCUT2D eigenvalue weighted by Crippen LogP contribution is -2.31. The average molecular weight is 234 g/mol. The number of rotatable bonds is 7. The molecule has 0 aliphatic heterocycles. The molecule has 0 amide bonds. The van der Waals surface area contributed by atoms with E-state index in [1.54, 1.807) is 6.92 Å². The van der Waals surface area contributed by atoms with Gasteiger partial charge in [0.15, 0.2) is 0 Å². The zero-order chi connectivity index (χ0) is 12.7. The molecule has 0 aliphatic rings. The fraction of sp³-hybridized carbons (Fsp3) is 0.533. The van der Waals surface area contributed by atoms with Gasteiger partial charge < -0.3 is 5.11 Å². The monoisotopic (exact) mass is 234 g/mol. The van der Waals surface area contributed by atoms with E-state index in [0.717, 1.165) is 12.8 Å². The van der Waals surface area contributed by atoms with E-state index in [1.165, 1.54) is 5.56 Å². The molecule has 94 valence electrons. The van der Waals surface area contributed by atoms with Crippen LogP contribution in [0.2, 0.25) is 0 Å². The summed E-state index contributed by atoms with van der Waals surface area (Å²) in [5.74, 6) is 0.0639. The lowest BCUT2D eigenvalue weighted by Gasteiger charge is -2.26. The zero-order valence-electron chi connectivity index (χ0n) is 10.8. The molecule has 0 saturated heterocycles. The summed E-state index contributed by atoms with van der Waals surface area (Å²) < 4.78 is 0. The minimum Gasteiger partial charge on any atom is -0.389 e. The number of hydrogen-bond acceptors (Lipinski definition) is 2. The normalized spacial score (nSPS) is 14.3. The van der Waals surface area contributed by atoms with E-state index in [1.807, 2.05) is 25.1 Å². The highest BCUT2D eigenvalue weighted by Gasteiger charge is 2.27. The predicted octanol–water partition coefficient (Wildman–Crippen LogP) is 3.13. The van der Waals surface area contributed by atoms with Crippen molar-refractivity contribution in [2.75, 3.05) is 0 Å². The minimum absolute atomic E-state index is 0.0639. The average Bonchev–Trinajstić information content (AvgIpc) is 2.27. The molecular formula is C15H22O2. The summed E-state index contributed by atoms with van der Waals surface area (Å²) in [6.45, 7) is 3.58. The van der Waals surface area contributed by atoms with Crippen molar-refractivity contribution in [1.82, 2.24) is 0 Å². The van der Waals surface area contributed by atoms with Crippen molar-refractivity contribution in [3.05, 3.63) is 35.9 Å². The van der Waals surface area contributed by atoms with Gasteiger partial charge in [0.05, 0.1) is 5.60 Å². The maximum absolute atomic E-state index is 11.2. The Morgan fingerprint density at radius 1 is 1.24 bits per heavy atom. The Kier molecular flexibility index (Phi) is 5.36. The van der Waals surface area contributed by atoms with Crippen LogP contribution in [0.4, 0.5) is 0 Å². The van der Waals surface area contributed by atoms with Gasteiger partial charge in [-0.3, -0.25) is 4.79 Å². The molecule has 1 N–H and O–H groups in total. The highest BCUT2D eigenvalue weighted by atomic mass is 16.3. The molecule has 1 aromatic carbocycles. The summed E-state index contributed by atoms with van der Waals surface area (Å²) in [6.07, 6.45) is 3.35. The Morgan fingerprint density at radius 3 is 2.41 bits per heavy atom. The van der Waals surface area contributed by atoms with E-state index in [2.05, 4.69) is 12.1 Å². The van der Waals surface area contributed by atoms with E-state index in [4.69, 9.17) is 0 Å². The SMILES string of the molecule is CCCC(O)(CCc1ccccc1)CC(C)=O. The predicted molar refractivity (Wildman–Crippen MR) is 69.9 cm³/mol. The largest absolute Gasteiger partial charge is 0.389 e. The van der Waals surface area contributed by atoms with Gasteiger partial charge in [0.2, 0.25) is 0 Å². The molecule has 0 aromatic heterocycles. The first kappa shape index (κ1) is 13.9. The van der Waals surface area contributed by atoms with Crippen LogP contribution in [-0.2, 0) is 11.2 Å². The van der Waals surface area contributed by atoms with Gasteiger partial charge in [-0.1, -0.05) is 43.7 Å². The molecule has 1 aromatic rings. The Hall–Kier alpha value is -1.15. The molecule has 0 radical (unpaired) electrons. The summed E-state index contributed by atoms with van der Waals surface area (Å²) in [5, 5.41) is 10.4. The fourth-order valence-electron chi connectivity index (χ4n) is 2.25. The summed E-state index contributed by atoms with van der Waals surface area (Å²) in [4.78, 5) is 11.2. The van der Waals surface area contributed by atoms with Crippen molar-refractivity contribution in [2.24, 2.45) is 0 Å². The number of carbonyl (C=O) groups is 1. The Labute approximate surface area is 104 Å². The van der Waals surface area contributed by atoms with Gasteiger partial charge in [-0.15, -0.1) is 0 Å². The second-order valence-electron chi connectivity index (χ2n) is 4.84. The zero-order valence-corrected chi connectivity index (χ0v) is 10.8. The first-order chi connectivity index (χ1) is 8.06. The van der Waals surface area contributed by atoms with Gasteiger partial charge in [0, 0.05) is 6.42 Å². The Balaban J connectivity index is 2.58. The van der Waals surface area contributed by atoms with Crippen LogP contribution in [-0.4, -0.2) is 16.5 Å². The highest BCUT2D eigenvalue weighted by molar-refractivity contribution is 5.76. The maximum atomic E-state index is 11.2. The third kappa shape index (κ3) is 5.14. The summed E-state index contributed by atoms with van der Waals surface area (Å²) in [6, 6.07) is 10.1. The van der Waals surface area contributed by atoms with Crippen molar-refractivity contribution in [1.29, 1.82) is 0 Å². The number of Topliss-reactive ketones (excluding diaryl/α,β-unsaturated/α-hetero) is 1. The van der Waals surface area contributed by atoms with Crippen LogP contribution in [0.3, 0.4) is 0 Å². The lowest BCUT2D eigenvalue weighted by atomic mass is 9.86. The smallest absolute Gasteiger partial charge is 0.132 e. The third-order valence-corrected chi connectivity index (χ3v) is 3.02. The van der Waals surface area contributed by atoms with Crippen LogP contribution in [0.5, 0.6) is 0 Å². The van der Waals surface area contributed by atoms with Crippen molar-refractivity contribution < 1.29 is 9.90 Å². The third-order valence-electron chi connectivity index (χ3n) is 3.02. The number of aliphatic hydroxyl groups is 1. The molecule has 0 aliphatic carbocycles. The lowest BCUT2D eigenvalue weighted by molar-refractivity contribution is -0.122. The maximum Gasteiger partial charge on any atom is 0.132 e. The van der Waals surface area contributed by atoms with Crippen LogP contribution in [0, 0.1) is 0 Å². The number of aryl methyl sites for hydroxylation is 1. The number of carbonyl (C=O) groups excluding carboxylic acids is 1. The number of ketones is 1. The molecule has 0 saturated carbocycles. The van der Waals surface area contributed by atoms with Crippen molar-refractivity contribution >= 4 is 5.78 Å². The van der Waals surface area contributed by atoms with Gasteiger partial charge >= 0.3 is 0 Å². The first-order valence-corrected chi connectivity index (χ1v) is 6.31. The van der Waals surface area contributed by atoms with E-state index < -0.39 is 5.60 Å². The molecule has 2 heteroatoms. The summed E-state index contributed by atoms with van der Waals surface area (Å²) >= 11 is 0. The standard InChI is InChI=1S/C15H22O2/c1-3-10-15(17,12-13(2)16)11-9-14-7-5-4-6-8-14/h4-8,17H,3,9-12H2,1-2H3. The Bertz CT molecular complexity index is 345. The van der Waals surface area contributed by atoms with Crippen LogP contribution >= 0.6 is 0 Å². The minimum atomic E-state index is -0.823. The van der Waals surface area contributed by atoms with Crippen LogP contribution in [0.1, 0.15) is 45.1 Å². The van der Waals surface area contributed by atoms with Crippen LogP contribution in [0.15, 0.2) is 30.3 Å². The van der Waals surface area contributed by atoms with Gasteiger partial charge in [-0.25, -0.2) is 0 Å². The molecule has 0 heterocycles. The van der Waals surface area contributed by atoms with E-state index in [0.29, 0.717) is 12.8 Å². The molecule has 1 rings (SSSR count). The van der Waals surface area contributed by atoms with Crippen molar-refractivity contribution in [2.45, 2.75) is 51.6 Å². The van der Waals surface area contributed by atoms with Crippen molar-refractivity contribution in [3.63, 3.8) is 0 Å². The number of hydrogen-bond donors (Lipinski definition) is 1. The molecule has 1 atom stereocenters. The number of benzene rings is 1. The second-order valence-corrected chi connectivity index (χ2v) is 4.84. The van der Waals surface area contributed by atoms with Gasteiger partial charge in [0.25, 0.3) is 0 Å². The van der Waals surface area contributed by atoms with Gasteiger partial charge in [-0.2, -0.15) is 0 Å². The first-order valence-electron chi connectivity index (χ1n) is 6.31. The fourth-order valence-corrected chi connectivity index (χ4v) is 2.25. The molecule has 0 fully saturated rings. The summed E-state index contributed by atoms with van der Waals surface area (Å²) in [5.41, 5.74) is 0.391. The molecule has 1 unspecified atom stereocenters. The van der Waals surface area contributed by atoms with Gasteiger partial charge in [-0.05, 0) is 31.7 Å². The van der Waals surface area contributed by atoms with E-state index >= 15 is 0 Å². The topological polar surface area (TPSA) is 37.3 Å². The van der Waals surface area contributed by atoms with Crippen LogP contribution in [0.25, 0.3) is 0 Å². The molecule has 0 bridgehead atoms. The van der Waals surface area contributed by atoms with E-state index in [-0.39, 0.29) is 12.2 Å². The quantitative estimate of drug-likeness (QED) is 0.787. The second kappa shape index (κ2) is 6.55. The van der Waals surface area contributed by atoms with Crippen molar-refractivity contribution in [3.8, 4) is 0 Å².